The van der Waals surface area contributed by atoms with Gasteiger partial charge in [-0.05, 0) is 83.6 Å². The topological polar surface area (TPSA) is 48.5 Å². The van der Waals surface area contributed by atoms with Crippen molar-refractivity contribution in [3.63, 3.8) is 0 Å². The molecule has 0 atom stereocenters. The van der Waals surface area contributed by atoms with Crippen LogP contribution in [0, 0.1) is 0 Å². The van der Waals surface area contributed by atoms with Crippen molar-refractivity contribution in [3.8, 4) is 56.7 Å². The highest BCUT2D eigenvalue weighted by molar-refractivity contribution is 6.21. The van der Waals surface area contributed by atoms with Crippen LogP contribution in [0.2, 0.25) is 0 Å². The van der Waals surface area contributed by atoms with Gasteiger partial charge >= 0.3 is 0 Å². The molecule has 5 heteroatoms. The van der Waals surface area contributed by atoms with Crippen molar-refractivity contribution in [3.05, 3.63) is 218 Å². The van der Waals surface area contributed by atoms with E-state index in [-0.39, 0.29) is 0 Å². The van der Waals surface area contributed by atoms with Crippen LogP contribution in [-0.4, -0.2) is 24.1 Å². The molecule has 0 radical (unpaired) electrons. The van der Waals surface area contributed by atoms with Crippen LogP contribution in [0.1, 0.15) is 12.5 Å². The Morgan fingerprint density at radius 3 is 1.63 bits per heavy atom. The van der Waals surface area contributed by atoms with Crippen molar-refractivity contribution in [1.29, 1.82) is 0 Å². The average Bonchev–Trinajstić information content (AvgIpc) is 3.86. The van der Waals surface area contributed by atoms with Gasteiger partial charge < -0.3 is 9.13 Å². The number of aromatic nitrogens is 5. The fourth-order valence-electron chi connectivity index (χ4n) is 9.38. The summed E-state index contributed by atoms with van der Waals surface area (Å²) in [6.45, 7) is 2.10. The second-order valence-electron chi connectivity index (χ2n) is 16.0. The summed E-state index contributed by atoms with van der Waals surface area (Å²) in [6, 6.07) is 73.3. The number of rotatable bonds is 7. The SMILES string of the molecule is C/C=C\c1cc(-c2ccccc2)cc2c3cc4c5ccccc5n(-c5cccc6cc(-c7nc(-c8ccccc8)nc(-c8ccccc8)n7)ccc56)c4cc3n(-c3ccccc3)c12. The third-order valence-electron chi connectivity index (χ3n) is 12.2. The Hall–Kier alpha value is -8.41. The van der Waals surface area contributed by atoms with Crippen molar-refractivity contribution >= 4 is 60.5 Å². The Labute approximate surface area is 364 Å². The maximum absolute atomic E-state index is 5.05. The van der Waals surface area contributed by atoms with Gasteiger partial charge in [0.25, 0.3) is 0 Å². The fourth-order valence-corrected chi connectivity index (χ4v) is 9.38. The van der Waals surface area contributed by atoms with E-state index in [1.807, 2.05) is 60.7 Å². The molecule has 0 saturated heterocycles. The van der Waals surface area contributed by atoms with E-state index in [0.717, 1.165) is 55.4 Å². The van der Waals surface area contributed by atoms with Gasteiger partial charge in [-0.25, -0.2) is 15.0 Å². The second kappa shape index (κ2) is 14.9. The first-order chi connectivity index (χ1) is 31.2. The number of fused-ring (bicyclic) bond motifs is 7. The third kappa shape index (κ3) is 6.13. The van der Waals surface area contributed by atoms with Crippen molar-refractivity contribution in [2.45, 2.75) is 6.92 Å². The number of hydrogen-bond acceptors (Lipinski definition) is 3. The summed E-state index contributed by atoms with van der Waals surface area (Å²) in [5.74, 6) is 1.93. The Morgan fingerprint density at radius 1 is 0.365 bits per heavy atom. The molecule has 9 aromatic carbocycles. The lowest BCUT2D eigenvalue weighted by atomic mass is 9.98. The van der Waals surface area contributed by atoms with Gasteiger partial charge in [0.15, 0.2) is 17.5 Å². The molecular formula is C58H39N5. The minimum atomic E-state index is 0.635. The molecule has 0 N–H and O–H groups in total. The van der Waals surface area contributed by atoms with E-state index in [0.29, 0.717) is 17.5 Å². The van der Waals surface area contributed by atoms with Gasteiger partial charge in [-0.1, -0.05) is 164 Å². The van der Waals surface area contributed by atoms with Crippen LogP contribution in [-0.2, 0) is 0 Å². The summed E-state index contributed by atoms with van der Waals surface area (Å²) in [4.78, 5) is 15.0. The van der Waals surface area contributed by atoms with Crippen LogP contribution < -0.4 is 0 Å². The first kappa shape index (κ1) is 36.4. The standard InChI is InChI=1S/C58H39N5/c1-2-18-42-34-44(38-19-7-3-8-20-38)35-50-49-36-48-47-28-15-16-29-52(47)63(54(48)37-53(49)62(55(42)50)45-26-13-6-14-27-45)51-30-17-25-41-33-43(31-32-46(41)51)58-60-56(39-21-9-4-10-22-39)59-57(61-58)40-23-11-5-12-24-40/h2-37H,1H3/b18-2-. The van der Waals surface area contributed by atoms with E-state index in [1.54, 1.807) is 0 Å². The van der Waals surface area contributed by atoms with Crippen LogP contribution in [0.5, 0.6) is 0 Å². The largest absolute Gasteiger partial charge is 0.309 e. The lowest BCUT2D eigenvalue weighted by Crippen LogP contribution is -2.00. The van der Waals surface area contributed by atoms with E-state index in [4.69, 9.17) is 15.0 Å². The summed E-state index contributed by atoms with van der Waals surface area (Å²) in [5, 5.41) is 7.10. The van der Waals surface area contributed by atoms with Gasteiger partial charge in [-0.15, -0.1) is 0 Å². The maximum Gasteiger partial charge on any atom is 0.164 e. The van der Waals surface area contributed by atoms with Gasteiger partial charge in [0.1, 0.15) is 0 Å². The van der Waals surface area contributed by atoms with Crippen LogP contribution in [0.15, 0.2) is 212 Å². The highest BCUT2D eigenvalue weighted by atomic mass is 15.0. The van der Waals surface area contributed by atoms with Crippen LogP contribution in [0.25, 0.3) is 117 Å². The predicted molar refractivity (Wildman–Crippen MR) is 262 cm³/mol. The molecule has 63 heavy (non-hydrogen) atoms. The minimum Gasteiger partial charge on any atom is -0.309 e. The smallest absolute Gasteiger partial charge is 0.164 e. The first-order valence-electron chi connectivity index (χ1n) is 21.4. The molecule has 0 aliphatic carbocycles. The van der Waals surface area contributed by atoms with E-state index in [9.17, 15) is 0 Å². The zero-order chi connectivity index (χ0) is 41.9. The van der Waals surface area contributed by atoms with Gasteiger partial charge in [-0.2, -0.15) is 0 Å². The molecule has 0 amide bonds. The highest BCUT2D eigenvalue weighted by Gasteiger charge is 2.22. The van der Waals surface area contributed by atoms with Gasteiger partial charge in [0, 0.05) is 49.3 Å². The molecule has 5 nitrogen and oxygen atoms in total. The van der Waals surface area contributed by atoms with Gasteiger partial charge in [0.2, 0.25) is 0 Å². The van der Waals surface area contributed by atoms with E-state index >= 15 is 0 Å². The van der Waals surface area contributed by atoms with Gasteiger partial charge in [0.05, 0.1) is 27.8 Å². The summed E-state index contributed by atoms with van der Waals surface area (Å²) in [6.07, 6.45) is 4.39. The normalized spacial score (nSPS) is 11.8. The number of para-hydroxylation sites is 2. The zero-order valence-corrected chi connectivity index (χ0v) is 34.5. The van der Waals surface area contributed by atoms with E-state index in [2.05, 4.69) is 174 Å². The quantitative estimate of drug-likeness (QED) is 0.161. The number of hydrogen-bond donors (Lipinski definition) is 0. The molecule has 3 heterocycles. The lowest BCUT2D eigenvalue weighted by Gasteiger charge is -2.14. The Bertz CT molecular complexity index is 3660. The summed E-state index contributed by atoms with van der Waals surface area (Å²) in [5.41, 5.74) is 13.3. The average molecular weight is 806 g/mol. The molecule has 0 bridgehead atoms. The van der Waals surface area contributed by atoms with Crippen LogP contribution in [0.3, 0.4) is 0 Å². The second-order valence-corrected chi connectivity index (χ2v) is 16.0. The molecule has 296 valence electrons. The molecule has 0 spiro atoms. The summed E-state index contributed by atoms with van der Waals surface area (Å²) in [7, 11) is 0. The Balaban J connectivity index is 1.10. The van der Waals surface area contributed by atoms with Crippen molar-refractivity contribution in [2.24, 2.45) is 0 Å². The van der Waals surface area contributed by atoms with Crippen molar-refractivity contribution < 1.29 is 0 Å². The van der Waals surface area contributed by atoms with E-state index in [1.165, 1.54) is 43.8 Å². The Kier molecular flexibility index (Phi) is 8.64. The number of nitrogens with zero attached hydrogens (tertiary/aromatic N) is 5. The van der Waals surface area contributed by atoms with Gasteiger partial charge in [-0.3, -0.25) is 0 Å². The maximum atomic E-state index is 5.05. The summed E-state index contributed by atoms with van der Waals surface area (Å²) < 4.78 is 4.90. The highest BCUT2D eigenvalue weighted by Crippen LogP contribution is 2.43. The molecule has 0 aliphatic heterocycles. The molecule has 0 unspecified atom stereocenters. The molecular weight excluding hydrogens is 767 g/mol. The monoisotopic (exact) mass is 805 g/mol. The third-order valence-corrected chi connectivity index (χ3v) is 12.2. The van der Waals surface area contributed by atoms with E-state index < -0.39 is 0 Å². The molecule has 0 saturated carbocycles. The lowest BCUT2D eigenvalue weighted by molar-refractivity contribution is 1.07. The zero-order valence-electron chi connectivity index (χ0n) is 34.5. The Morgan fingerprint density at radius 2 is 0.952 bits per heavy atom. The summed E-state index contributed by atoms with van der Waals surface area (Å²) >= 11 is 0. The molecule has 3 aromatic heterocycles. The molecule has 12 aromatic rings. The fraction of sp³-hybridized carbons (Fsp3) is 0.0172. The first-order valence-corrected chi connectivity index (χ1v) is 21.4. The van der Waals surface area contributed by atoms with Crippen molar-refractivity contribution in [2.75, 3.05) is 0 Å². The number of benzene rings is 9. The molecule has 0 aliphatic rings. The molecule has 0 fully saturated rings. The van der Waals surface area contributed by atoms with Crippen LogP contribution in [0.4, 0.5) is 0 Å². The number of allylic oxidation sites excluding steroid dienone is 1. The predicted octanol–water partition coefficient (Wildman–Crippen LogP) is 14.9. The van der Waals surface area contributed by atoms with Crippen LogP contribution >= 0.6 is 0 Å². The minimum absolute atomic E-state index is 0.635. The molecule has 12 rings (SSSR count). The van der Waals surface area contributed by atoms with Crippen molar-refractivity contribution in [1.82, 2.24) is 24.1 Å².